The topological polar surface area (TPSA) is 23.5 Å². The first kappa shape index (κ1) is 16.6. The molecule has 0 spiro atoms. The van der Waals surface area contributed by atoms with Gasteiger partial charge in [0, 0.05) is 6.54 Å². The molecular formula is C19H22ClNO. The minimum absolute atomic E-state index is 0. The molecule has 0 atom stereocenters. The van der Waals surface area contributed by atoms with Crippen LogP contribution in [0.4, 0.5) is 0 Å². The van der Waals surface area contributed by atoms with E-state index < -0.39 is 0 Å². The Balaban J connectivity index is 0.00000176. The molecule has 2 aromatic carbocycles. The van der Waals surface area contributed by atoms with Crippen molar-refractivity contribution in [3.63, 3.8) is 0 Å². The number of hydrogen-bond acceptors (Lipinski definition) is 2. The average Bonchev–Trinajstić information content (AvgIpc) is 2.46. The number of phenols is 1. The minimum atomic E-state index is 0. The van der Waals surface area contributed by atoms with Gasteiger partial charge in [0.15, 0.2) is 0 Å². The highest BCUT2D eigenvalue weighted by Gasteiger charge is 2.20. The summed E-state index contributed by atoms with van der Waals surface area (Å²) in [7, 11) is 4.21. The summed E-state index contributed by atoms with van der Waals surface area (Å²) in [6.07, 6.45) is 2.18. The zero-order chi connectivity index (χ0) is 14.8. The second-order valence-electron chi connectivity index (χ2n) is 5.92. The molecular weight excluding hydrogens is 294 g/mol. The van der Waals surface area contributed by atoms with Gasteiger partial charge < -0.3 is 10.0 Å². The normalized spacial score (nSPS) is 13.8. The van der Waals surface area contributed by atoms with Crippen molar-refractivity contribution in [1.82, 2.24) is 4.90 Å². The van der Waals surface area contributed by atoms with Crippen molar-refractivity contribution < 1.29 is 5.11 Å². The highest BCUT2D eigenvalue weighted by atomic mass is 35.5. The first-order valence-corrected chi connectivity index (χ1v) is 7.39. The molecule has 0 fully saturated rings. The van der Waals surface area contributed by atoms with Gasteiger partial charge in [-0.1, -0.05) is 36.4 Å². The lowest BCUT2D eigenvalue weighted by Gasteiger charge is -2.26. The van der Waals surface area contributed by atoms with Gasteiger partial charge in [-0.25, -0.2) is 0 Å². The summed E-state index contributed by atoms with van der Waals surface area (Å²) in [5.74, 6) is 0.326. The van der Waals surface area contributed by atoms with E-state index in [2.05, 4.69) is 49.3 Å². The third kappa shape index (κ3) is 3.34. The Labute approximate surface area is 138 Å². The van der Waals surface area contributed by atoms with Crippen molar-refractivity contribution in [1.29, 1.82) is 0 Å². The molecule has 1 aliphatic carbocycles. The van der Waals surface area contributed by atoms with Crippen LogP contribution >= 0.6 is 12.4 Å². The number of aryl methyl sites for hydroxylation is 1. The lowest BCUT2D eigenvalue weighted by molar-refractivity contribution is 0.439. The summed E-state index contributed by atoms with van der Waals surface area (Å²) >= 11 is 0. The molecule has 0 amide bonds. The molecule has 0 saturated carbocycles. The number of benzene rings is 2. The lowest BCUT2D eigenvalue weighted by Crippen LogP contribution is -2.19. The second kappa shape index (κ2) is 6.99. The van der Waals surface area contributed by atoms with Crippen LogP contribution in [0.1, 0.15) is 23.1 Å². The van der Waals surface area contributed by atoms with E-state index in [1.165, 1.54) is 22.3 Å². The number of phenolic OH excluding ortho intramolecular Hbond substituents is 1. The number of hydrogen-bond donors (Lipinski definition) is 1. The van der Waals surface area contributed by atoms with E-state index in [1.54, 1.807) is 6.07 Å². The Morgan fingerprint density at radius 1 is 1.00 bits per heavy atom. The van der Waals surface area contributed by atoms with Gasteiger partial charge in [0.25, 0.3) is 0 Å². The van der Waals surface area contributed by atoms with E-state index >= 15 is 0 Å². The molecule has 1 aliphatic rings. The Bertz CT molecular complexity index is 691. The number of nitrogens with zero attached hydrogens (tertiary/aromatic N) is 1. The molecule has 3 heteroatoms. The van der Waals surface area contributed by atoms with Gasteiger partial charge in [0.1, 0.15) is 5.75 Å². The molecule has 0 aromatic heterocycles. The molecule has 22 heavy (non-hydrogen) atoms. The molecule has 0 saturated heterocycles. The van der Waals surface area contributed by atoms with Crippen molar-refractivity contribution in [3.8, 4) is 5.75 Å². The smallest absolute Gasteiger partial charge is 0.116 e. The van der Waals surface area contributed by atoms with E-state index in [0.717, 1.165) is 24.9 Å². The van der Waals surface area contributed by atoms with E-state index in [1.807, 2.05) is 12.1 Å². The largest absolute Gasteiger partial charge is 0.508 e. The summed E-state index contributed by atoms with van der Waals surface area (Å²) in [4.78, 5) is 2.21. The molecule has 3 rings (SSSR count). The maximum Gasteiger partial charge on any atom is 0.116 e. The van der Waals surface area contributed by atoms with Gasteiger partial charge in [0.2, 0.25) is 0 Å². The quantitative estimate of drug-likeness (QED) is 0.921. The number of rotatable bonds is 3. The highest BCUT2D eigenvalue weighted by molar-refractivity contribution is 5.86. The van der Waals surface area contributed by atoms with Gasteiger partial charge in [-0.15, -0.1) is 12.4 Å². The molecule has 1 N–H and O–H groups in total. The molecule has 2 aromatic rings. The maximum atomic E-state index is 9.83. The fourth-order valence-corrected chi connectivity index (χ4v) is 3.14. The van der Waals surface area contributed by atoms with Crippen LogP contribution in [0.5, 0.6) is 5.75 Å². The van der Waals surface area contributed by atoms with E-state index in [9.17, 15) is 5.11 Å². The Hall–Kier alpha value is -1.77. The molecule has 0 bridgehead atoms. The predicted octanol–water partition coefficient (Wildman–Crippen LogP) is 4.12. The molecule has 116 valence electrons. The molecule has 0 unspecified atom stereocenters. The SMILES string of the molecule is CN(C)CC1=C(c2cccc(O)c2)c2ccccc2CC1.Cl. The van der Waals surface area contributed by atoms with Crippen molar-refractivity contribution in [3.05, 3.63) is 70.8 Å². The van der Waals surface area contributed by atoms with Crippen LogP contribution in [0.25, 0.3) is 5.57 Å². The summed E-state index contributed by atoms with van der Waals surface area (Å²) in [6, 6.07) is 16.2. The van der Waals surface area contributed by atoms with Crippen molar-refractivity contribution in [2.75, 3.05) is 20.6 Å². The number of fused-ring (bicyclic) bond motifs is 1. The van der Waals surface area contributed by atoms with Crippen LogP contribution in [-0.2, 0) is 6.42 Å². The first-order chi connectivity index (χ1) is 10.1. The zero-order valence-electron chi connectivity index (χ0n) is 13.0. The van der Waals surface area contributed by atoms with Crippen molar-refractivity contribution in [2.24, 2.45) is 0 Å². The van der Waals surface area contributed by atoms with Crippen LogP contribution in [0, 0.1) is 0 Å². The van der Waals surface area contributed by atoms with Gasteiger partial charge >= 0.3 is 0 Å². The van der Waals surface area contributed by atoms with Gasteiger partial charge in [-0.05, 0) is 66.9 Å². The van der Waals surface area contributed by atoms with Gasteiger partial charge in [-0.3, -0.25) is 0 Å². The van der Waals surface area contributed by atoms with Gasteiger partial charge in [0.05, 0.1) is 0 Å². The Kier molecular flexibility index (Phi) is 5.28. The molecule has 0 aliphatic heterocycles. The monoisotopic (exact) mass is 315 g/mol. The standard InChI is InChI=1S/C19H21NO.ClH/c1-20(2)13-16-11-10-14-6-3-4-9-18(14)19(16)15-7-5-8-17(21)12-15;/h3-9,12,21H,10-11,13H2,1-2H3;1H. The third-order valence-electron chi connectivity index (χ3n) is 3.98. The Morgan fingerprint density at radius 2 is 1.77 bits per heavy atom. The molecule has 2 nitrogen and oxygen atoms in total. The van der Waals surface area contributed by atoms with E-state index in [4.69, 9.17) is 0 Å². The highest BCUT2D eigenvalue weighted by Crippen LogP contribution is 2.37. The maximum absolute atomic E-state index is 9.83. The van der Waals surface area contributed by atoms with Crippen LogP contribution in [0.15, 0.2) is 54.1 Å². The average molecular weight is 316 g/mol. The van der Waals surface area contributed by atoms with Crippen LogP contribution in [-0.4, -0.2) is 30.6 Å². The van der Waals surface area contributed by atoms with E-state index in [0.29, 0.717) is 5.75 Å². The lowest BCUT2D eigenvalue weighted by atomic mass is 9.82. The summed E-state index contributed by atoms with van der Waals surface area (Å²) in [5, 5.41) is 9.83. The first-order valence-electron chi connectivity index (χ1n) is 7.39. The third-order valence-corrected chi connectivity index (χ3v) is 3.98. The summed E-state index contributed by atoms with van der Waals surface area (Å²) in [6.45, 7) is 0.958. The van der Waals surface area contributed by atoms with Crippen LogP contribution in [0.3, 0.4) is 0 Å². The fourth-order valence-electron chi connectivity index (χ4n) is 3.14. The summed E-state index contributed by atoms with van der Waals surface area (Å²) in [5.41, 5.74) is 6.56. The van der Waals surface area contributed by atoms with Gasteiger partial charge in [-0.2, -0.15) is 0 Å². The van der Waals surface area contributed by atoms with E-state index in [-0.39, 0.29) is 12.4 Å². The zero-order valence-corrected chi connectivity index (χ0v) is 13.9. The molecule has 0 radical (unpaired) electrons. The van der Waals surface area contributed by atoms with Crippen molar-refractivity contribution in [2.45, 2.75) is 12.8 Å². The number of halogens is 1. The second-order valence-corrected chi connectivity index (χ2v) is 5.92. The number of likely N-dealkylation sites (N-methyl/N-ethyl adjacent to an activating group) is 1. The van der Waals surface area contributed by atoms with Crippen LogP contribution in [0.2, 0.25) is 0 Å². The molecule has 0 heterocycles. The summed E-state index contributed by atoms with van der Waals surface area (Å²) < 4.78 is 0. The predicted molar refractivity (Wildman–Crippen MR) is 94.7 cm³/mol. The number of aromatic hydroxyl groups is 1. The van der Waals surface area contributed by atoms with Crippen LogP contribution < -0.4 is 0 Å². The van der Waals surface area contributed by atoms with Crippen molar-refractivity contribution >= 4 is 18.0 Å². The minimum Gasteiger partial charge on any atom is -0.508 e. The fraction of sp³-hybridized carbons (Fsp3) is 0.263. The Morgan fingerprint density at radius 3 is 2.50 bits per heavy atom.